The number of anilines is 1. The Kier molecular flexibility index (Phi) is 5.44. The third kappa shape index (κ3) is 3.88. The number of aliphatic hydroxyl groups is 1. The second-order valence-corrected chi connectivity index (χ2v) is 9.71. The van der Waals surface area contributed by atoms with Crippen molar-refractivity contribution in [3.63, 3.8) is 0 Å². The quantitative estimate of drug-likeness (QED) is 0.340. The zero-order valence-corrected chi connectivity index (χ0v) is 18.1. The van der Waals surface area contributed by atoms with Crippen LogP contribution in [0, 0.1) is 0 Å². The maximum atomic E-state index is 13.0. The minimum atomic E-state index is -3.92. The summed E-state index contributed by atoms with van der Waals surface area (Å²) in [5, 5.41) is 18.2. The number of ketones is 1. The van der Waals surface area contributed by atoms with E-state index >= 15 is 0 Å². The van der Waals surface area contributed by atoms with Crippen LogP contribution in [0.2, 0.25) is 5.02 Å². The highest BCUT2D eigenvalue weighted by molar-refractivity contribution is 7.89. The largest absolute Gasteiger partial charge is 0.507 e. The van der Waals surface area contributed by atoms with Crippen LogP contribution in [0.5, 0.6) is 0 Å². The molecule has 2 aromatic carbocycles. The fraction of sp³-hybridized carbons (Fsp3) is 0.0476. The van der Waals surface area contributed by atoms with Gasteiger partial charge in [-0.2, -0.15) is 0 Å². The van der Waals surface area contributed by atoms with Gasteiger partial charge in [-0.25, -0.2) is 13.6 Å². The summed E-state index contributed by atoms with van der Waals surface area (Å²) in [5.74, 6) is -2.04. The first-order valence-corrected chi connectivity index (χ1v) is 11.7. The average Bonchev–Trinajstić information content (AvgIpc) is 3.34. The Bertz CT molecular complexity index is 1320. The number of amides is 1. The van der Waals surface area contributed by atoms with E-state index in [1.165, 1.54) is 46.6 Å². The van der Waals surface area contributed by atoms with Crippen LogP contribution in [0.3, 0.4) is 0 Å². The summed E-state index contributed by atoms with van der Waals surface area (Å²) in [6.45, 7) is 0. The Morgan fingerprint density at radius 1 is 1.06 bits per heavy atom. The molecule has 4 rings (SSSR count). The summed E-state index contributed by atoms with van der Waals surface area (Å²) >= 11 is 7.34. The standard InChI is InChI=1S/C21H15ClN2O5S2/c22-13-4-1-3-12(11-13)19(25)17-18(16-5-2-10-30-16)24(21(27)20(17)26)14-6-8-15(9-7-14)31(23,28)29/h1-11,18,25H,(H2,23,28,29)/b19-17-. The number of nitrogens with two attached hydrogens (primary N) is 1. The summed E-state index contributed by atoms with van der Waals surface area (Å²) in [5.41, 5.74) is 0.514. The molecule has 1 atom stereocenters. The highest BCUT2D eigenvalue weighted by Gasteiger charge is 2.47. The molecular weight excluding hydrogens is 460 g/mol. The van der Waals surface area contributed by atoms with Crippen LogP contribution in [-0.2, 0) is 19.6 Å². The second-order valence-electron chi connectivity index (χ2n) is 6.73. The molecule has 2 heterocycles. The van der Waals surface area contributed by atoms with Gasteiger partial charge >= 0.3 is 0 Å². The smallest absolute Gasteiger partial charge is 0.300 e. The van der Waals surface area contributed by atoms with Crippen LogP contribution in [0.4, 0.5) is 5.69 Å². The number of hydrogen-bond donors (Lipinski definition) is 2. The maximum absolute atomic E-state index is 13.0. The molecule has 0 spiro atoms. The Hall–Kier alpha value is -2.98. The zero-order chi connectivity index (χ0) is 22.3. The first-order chi connectivity index (χ1) is 14.7. The highest BCUT2D eigenvalue weighted by atomic mass is 35.5. The van der Waals surface area contributed by atoms with Crippen LogP contribution in [0.1, 0.15) is 16.5 Å². The van der Waals surface area contributed by atoms with E-state index in [0.29, 0.717) is 15.5 Å². The van der Waals surface area contributed by atoms with E-state index in [0.717, 1.165) is 0 Å². The van der Waals surface area contributed by atoms with E-state index in [2.05, 4.69) is 0 Å². The molecular formula is C21H15ClN2O5S2. The van der Waals surface area contributed by atoms with Gasteiger partial charge in [-0.3, -0.25) is 14.5 Å². The van der Waals surface area contributed by atoms with E-state index in [4.69, 9.17) is 16.7 Å². The Morgan fingerprint density at radius 2 is 1.77 bits per heavy atom. The number of benzene rings is 2. The molecule has 158 valence electrons. The molecule has 1 aliphatic rings. The van der Waals surface area contributed by atoms with Crippen molar-refractivity contribution in [3.05, 3.63) is 87.1 Å². The van der Waals surface area contributed by atoms with Gasteiger partial charge in [0, 0.05) is 21.2 Å². The summed E-state index contributed by atoms with van der Waals surface area (Å²) in [7, 11) is -3.92. The van der Waals surface area contributed by atoms with Crippen molar-refractivity contribution in [1.29, 1.82) is 0 Å². The fourth-order valence-electron chi connectivity index (χ4n) is 3.40. The lowest BCUT2D eigenvalue weighted by atomic mass is 10.00. The van der Waals surface area contributed by atoms with E-state index in [9.17, 15) is 23.1 Å². The second kappa shape index (κ2) is 7.93. The molecule has 1 aromatic heterocycles. The average molecular weight is 475 g/mol. The number of Topliss-reactive ketones (excluding diaryl/α,β-unsaturated/α-hetero) is 1. The van der Waals surface area contributed by atoms with Crippen molar-refractivity contribution in [2.45, 2.75) is 10.9 Å². The van der Waals surface area contributed by atoms with Gasteiger partial charge < -0.3 is 5.11 Å². The number of rotatable bonds is 4. The van der Waals surface area contributed by atoms with Crippen LogP contribution < -0.4 is 10.0 Å². The summed E-state index contributed by atoms with van der Waals surface area (Å²) in [4.78, 5) is 27.7. The van der Waals surface area contributed by atoms with Crippen molar-refractivity contribution >= 4 is 56.1 Å². The Balaban J connectivity index is 1.89. The number of carbonyl (C=O) groups is 2. The van der Waals surface area contributed by atoms with Crippen molar-refractivity contribution < 1.29 is 23.1 Å². The lowest BCUT2D eigenvalue weighted by molar-refractivity contribution is -0.132. The summed E-state index contributed by atoms with van der Waals surface area (Å²) < 4.78 is 23.1. The SMILES string of the molecule is NS(=O)(=O)c1ccc(N2C(=O)C(=O)/C(=C(\O)c3cccc(Cl)c3)C2c2cccs2)cc1. The van der Waals surface area contributed by atoms with Crippen molar-refractivity contribution in [1.82, 2.24) is 0 Å². The Morgan fingerprint density at radius 3 is 2.35 bits per heavy atom. The number of halogens is 1. The van der Waals surface area contributed by atoms with Crippen LogP contribution in [0.25, 0.3) is 5.76 Å². The molecule has 10 heteroatoms. The molecule has 0 radical (unpaired) electrons. The lowest BCUT2D eigenvalue weighted by Gasteiger charge is -2.24. The van der Waals surface area contributed by atoms with Gasteiger partial charge in [-0.05, 0) is 47.8 Å². The van der Waals surface area contributed by atoms with Gasteiger partial charge in [0.25, 0.3) is 11.7 Å². The van der Waals surface area contributed by atoms with E-state index in [1.54, 1.807) is 35.7 Å². The van der Waals surface area contributed by atoms with E-state index < -0.39 is 27.8 Å². The Labute approximate surface area is 187 Å². The van der Waals surface area contributed by atoms with Gasteiger partial charge in [0.2, 0.25) is 10.0 Å². The molecule has 1 amide bonds. The number of hydrogen-bond acceptors (Lipinski definition) is 6. The number of sulfonamides is 1. The van der Waals surface area contributed by atoms with Crippen molar-refractivity contribution in [3.8, 4) is 0 Å². The number of nitrogens with zero attached hydrogens (tertiary/aromatic N) is 1. The molecule has 3 N–H and O–H groups in total. The van der Waals surface area contributed by atoms with Gasteiger partial charge in [-0.1, -0.05) is 29.8 Å². The summed E-state index contributed by atoms with van der Waals surface area (Å²) in [6.07, 6.45) is 0. The lowest BCUT2D eigenvalue weighted by Crippen LogP contribution is -2.29. The van der Waals surface area contributed by atoms with Gasteiger partial charge in [0.05, 0.1) is 10.5 Å². The third-order valence-corrected chi connectivity index (χ3v) is 6.89. The number of thiophene rings is 1. The monoisotopic (exact) mass is 474 g/mol. The molecule has 31 heavy (non-hydrogen) atoms. The first kappa shape index (κ1) is 21.3. The molecule has 7 nitrogen and oxygen atoms in total. The maximum Gasteiger partial charge on any atom is 0.300 e. The minimum absolute atomic E-state index is 0.0785. The fourth-order valence-corrected chi connectivity index (χ4v) is 4.93. The van der Waals surface area contributed by atoms with Gasteiger partial charge in [-0.15, -0.1) is 11.3 Å². The predicted octanol–water partition coefficient (Wildman–Crippen LogP) is 3.68. The van der Waals surface area contributed by atoms with Gasteiger partial charge in [0.1, 0.15) is 11.8 Å². The van der Waals surface area contributed by atoms with Crippen LogP contribution in [-0.4, -0.2) is 25.2 Å². The van der Waals surface area contributed by atoms with E-state index in [1.807, 2.05) is 0 Å². The first-order valence-electron chi connectivity index (χ1n) is 8.91. The van der Waals surface area contributed by atoms with Gasteiger partial charge in [0.15, 0.2) is 0 Å². The molecule has 0 bridgehead atoms. The van der Waals surface area contributed by atoms with Crippen molar-refractivity contribution in [2.24, 2.45) is 5.14 Å². The number of primary sulfonamides is 1. The van der Waals surface area contributed by atoms with Crippen LogP contribution >= 0.6 is 22.9 Å². The summed E-state index contributed by atoms with van der Waals surface area (Å²) in [6, 6.07) is 14.3. The van der Waals surface area contributed by atoms with E-state index in [-0.39, 0.29) is 21.9 Å². The minimum Gasteiger partial charge on any atom is -0.507 e. The topological polar surface area (TPSA) is 118 Å². The van der Waals surface area contributed by atoms with Crippen LogP contribution in [0.15, 0.2) is 76.5 Å². The van der Waals surface area contributed by atoms with Crippen molar-refractivity contribution in [2.75, 3.05) is 4.90 Å². The molecule has 1 saturated heterocycles. The number of carbonyl (C=O) groups excluding carboxylic acids is 2. The predicted molar refractivity (Wildman–Crippen MR) is 118 cm³/mol. The molecule has 0 aliphatic carbocycles. The normalized spacial score (nSPS) is 18.5. The zero-order valence-electron chi connectivity index (χ0n) is 15.7. The molecule has 0 saturated carbocycles. The number of aliphatic hydroxyl groups excluding tert-OH is 1. The molecule has 1 fully saturated rings. The molecule has 1 unspecified atom stereocenters. The highest BCUT2D eigenvalue weighted by Crippen LogP contribution is 2.43. The molecule has 3 aromatic rings. The third-order valence-electron chi connectivity index (χ3n) is 4.80. The molecule has 1 aliphatic heterocycles.